The number of nitrogens with one attached hydrogen (secondary N) is 2. The van der Waals surface area contributed by atoms with Gasteiger partial charge in [0, 0.05) is 33.6 Å². The first-order chi connectivity index (χ1) is 16.5. The molecule has 0 unspecified atom stereocenters. The number of aryl methyl sites for hydroxylation is 1. The van der Waals surface area contributed by atoms with Gasteiger partial charge in [0.25, 0.3) is 11.8 Å². The molecule has 0 aliphatic carbocycles. The molecule has 7 nitrogen and oxygen atoms in total. The first kappa shape index (κ1) is 21.6. The summed E-state index contributed by atoms with van der Waals surface area (Å²) in [5.74, 6) is 0.651. The molecule has 2 N–H and O–H groups in total. The van der Waals surface area contributed by atoms with E-state index in [9.17, 15) is 9.59 Å². The highest BCUT2D eigenvalue weighted by atomic mass is 35.5. The Morgan fingerprint density at radius 1 is 1.12 bits per heavy atom. The lowest BCUT2D eigenvalue weighted by Crippen LogP contribution is -2.23. The van der Waals surface area contributed by atoms with Gasteiger partial charge in [-0.2, -0.15) is 0 Å². The van der Waals surface area contributed by atoms with Crippen molar-refractivity contribution in [1.29, 1.82) is 0 Å². The van der Waals surface area contributed by atoms with Gasteiger partial charge in [-0.1, -0.05) is 23.7 Å². The van der Waals surface area contributed by atoms with E-state index >= 15 is 0 Å². The molecule has 2 amide bonds. The molecule has 0 radical (unpaired) electrons. The van der Waals surface area contributed by atoms with Crippen LogP contribution in [0.15, 0.2) is 71.4 Å². The first-order valence-electron chi connectivity index (χ1n) is 10.6. The molecule has 2 aromatic carbocycles. The summed E-state index contributed by atoms with van der Waals surface area (Å²) >= 11 is 6.10. The highest BCUT2D eigenvalue weighted by molar-refractivity contribution is 6.36. The van der Waals surface area contributed by atoms with E-state index < -0.39 is 0 Å². The summed E-state index contributed by atoms with van der Waals surface area (Å²) in [7, 11) is 0. The van der Waals surface area contributed by atoms with Crippen molar-refractivity contribution in [2.75, 3.05) is 5.32 Å². The fraction of sp³-hybridized carbons (Fsp3) is 0.0769. The molecule has 1 aliphatic rings. The zero-order valence-electron chi connectivity index (χ0n) is 18.1. The maximum Gasteiger partial charge on any atom is 0.256 e. The minimum absolute atomic E-state index is 0.216. The number of halogens is 1. The summed E-state index contributed by atoms with van der Waals surface area (Å²) < 4.78 is 5.96. The van der Waals surface area contributed by atoms with Crippen LogP contribution in [0.25, 0.3) is 23.0 Å². The number of fused-ring (bicyclic) bond motifs is 1. The van der Waals surface area contributed by atoms with Crippen LogP contribution in [0.2, 0.25) is 5.02 Å². The predicted molar refractivity (Wildman–Crippen MR) is 130 cm³/mol. The third kappa shape index (κ3) is 4.46. The van der Waals surface area contributed by atoms with Crippen molar-refractivity contribution in [3.8, 4) is 11.3 Å². The highest BCUT2D eigenvalue weighted by Crippen LogP contribution is 2.35. The van der Waals surface area contributed by atoms with Crippen LogP contribution in [-0.2, 0) is 11.3 Å². The number of hydrogen-bond acceptors (Lipinski definition) is 5. The van der Waals surface area contributed by atoms with Crippen LogP contribution in [0.3, 0.4) is 0 Å². The van der Waals surface area contributed by atoms with E-state index in [4.69, 9.17) is 16.0 Å². The average molecular weight is 471 g/mol. The van der Waals surface area contributed by atoms with Crippen LogP contribution in [0.5, 0.6) is 0 Å². The van der Waals surface area contributed by atoms with Crippen LogP contribution in [0.4, 0.5) is 5.69 Å². The van der Waals surface area contributed by atoms with Crippen molar-refractivity contribution >= 4 is 40.8 Å². The van der Waals surface area contributed by atoms with E-state index in [1.54, 1.807) is 67.0 Å². The molecule has 4 aromatic rings. The molecule has 0 saturated carbocycles. The number of amides is 2. The molecule has 0 spiro atoms. The number of nitrogens with zero attached hydrogens (tertiary/aromatic N) is 2. The van der Waals surface area contributed by atoms with Gasteiger partial charge in [-0.05, 0) is 55.5 Å². The topological polar surface area (TPSA) is 97.1 Å². The molecule has 3 heterocycles. The van der Waals surface area contributed by atoms with Crippen molar-refractivity contribution in [2.45, 2.75) is 13.5 Å². The Balaban J connectivity index is 1.34. The summed E-state index contributed by atoms with van der Waals surface area (Å²) in [6.45, 7) is 2.14. The lowest BCUT2D eigenvalue weighted by atomic mass is 10.1. The minimum atomic E-state index is -0.228. The van der Waals surface area contributed by atoms with Crippen molar-refractivity contribution < 1.29 is 14.0 Å². The SMILES string of the molecule is Cc1cnc(CNC(=O)c2cccc(-c3ccc(/C=C4/C(=O)Nc5ccc(Cl)cc54)o3)c2)cn1. The molecule has 1 aliphatic heterocycles. The van der Waals surface area contributed by atoms with E-state index in [1.165, 1.54) is 0 Å². The van der Waals surface area contributed by atoms with Crippen molar-refractivity contribution in [3.63, 3.8) is 0 Å². The summed E-state index contributed by atoms with van der Waals surface area (Å²) in [5, 5.41) is 6.22. The van der Waals surface area contributed by atoms with Crippen LogP contribution in [0, 0.1) is 6.92 Å². The summed E-state index contributed by atoms with van der Waals surface area (Å²) in [6.07, 6.45) is 4.98. The molecule has 0 atom stereocenters. The van der Waals surface area contributed by atoms with E-state index in [0.29, 0.717) is 39.1 Å². The third-order valence-electron chi connectivity index (χ3n) is 5.35. The Bertz CT molecular complexity index is 1440. The van der Waals surface area contributed by atoms with Crippen LogP contribution in [0.1, 0.15) is 33.1 Å². The molecule has 34 heavy (non-hydrogen) atoms. The van der Waals surface area contributed by atoms with Gasteiger partial charge in [-0.15, -0.1) is 0 Å². The summed E-state index contributed by atoms with van der Waals surface area (Å²) in [6, 6.07) is 16.0. The molecule has 5 rings (SSSR count). The quantitative estimate of drug-likeness (QED) is 0.394. The van der Waals surface area contributed by atoms with Crippen LogP contribution < -0.4 is 10.6 Å². The largest absolute Gasteiger partial charge is 0.457 e. The van der Waals surface area contributed by atoms with Gasteiger partial charge in [-0.3, -0.25) is 19.6 Å². The third-order valence-corrected chi connectivity index (χ3v) is 5.59. The zero-order valence-corrected chi connectivity index (χ0v) is 18.9. The number of carbonyl (C=O) groups excluding carboxylic acids is 2. The summed E-state index contributed by atoms with van der Waals surface area (Å²) in [5.41, 5.74) is 4.65. The maximum atomic E-state index is 12.6. The van der Waals surface area contributed by atoms with Crippen LogP contribution >= 0.6 is 11.6 Å². The van der Waals surface area contributed by atoms with Gasteiger partial charge in [0.05, 0.1) is 29.7 Å². The Morgan fingerprint density at radius 3 is 2.82 bits per heavy atom. The van der Waals surface area contributed by atoms with E-state index in [1.807, 2.05) is 13.0 Å². The standard InChI is InChI=1S/C26H19ClN4O3/c1-15-12-29-19(13-28-15)14-30-25(32)17-4-2-3-16(9-17)24-8-6-20(34-24)11-22-21-10-18(27)5-7-23(21)31-26(22)33/h2-13H,14H2,1H3,(H,30,32)(H,31,33)/b22-11+. The monoisotopic (exact) mass is 470 g/mol. The summed E-state index contributed by atoms with van der Waals surface area (Å²) in [4.78, 5) is 33.5. The number of benzene rings is 2. The van der Waals surface area contributed by atoms with E-state index in [0.717, 1.165) is 16.8 Å². The molecular formula is C26H19ClN4O3. The molecule has 0 saturated heterocycles. The van der Waals surface area contributed by atoms with Crippen molar-refractivity contribution in [1.82, 2.24) is 15.3 Å². The maximum absolute atomic E-state index is 12.6. The number of hydrogen-bond donors (Lipinski definition) is 2. The fourth-order valence-corrected chi connectivity index (χ4v) is 3.80. The second-order valence-electron chi connectivity index (χ2n) is 7.82. The normalized spacial score (nSPS) is 13.6. The highest BCUT2D eigenvalue weighted by Gasteiger charge is 2.24. The lowest BCUT2D eigenvalue weighted by molar-refractivity contribution is -0.110. The van der Waals surface area contributed by atoms with Crippen molar-refractivity contribution in [3.05, 3.63) is 100 Å². The number of rotatable bonds is 5. The molecule has 8 heteroatoms. The Labute approximate surface area is 200 Å². The van der Waals surface area contributed by atoms with Gasteiger partial charge < -0.3 is 15.1 Å². The second-order valence-corrected chi connectivity index (χ2v) is 8.25. The van der Waals surface area contributed by atoms with E-state index in [-0.39, 0.29) is 18.4 Å². The predicted octanol–water partition coefficient (Wildman–Crippen LogP) is 5.12. The first-order valence-corrected chi connectivity index (χ1v) is 10.9. The Hall–Kier alpha value is -4.23. The molecule has 2 aromatic heterocycles. The van der Waals surface area contributed by atoms with Gasteiger partial charge in [0.2, 0.25) is 0 Å². The minimum Gasteiger partial charge on any atom is -0.457 e. The molecule has 0 bridgehead atoms. The molecule has 0 fully saturated rings. The Kier molecular flexibility index (Phi) is 5.69. The number of anilines is 1. The molecular weight excluding hydrogens is 452 g/mol. The number of furan rings is 1. The van der Waals surface area contributed by atoms with Gasteiger partial charge in [0.15, 0.2) is 0 Å². The van der Waals surface area contributed by atoms with Gasteiger partial charge in [-0.25, -0.2) is 0 Å². The number of aromatic nitrogens is 2. The average Bonchev–Trinajstić information content (AvgIpc) is 3.43. The van der Waals surface area contributed by atoms with E-state index in [2.05, 4.69) is 20.6 Å². The van der Waals surface area contributed by atoms with Crippen LogP contribution in [-0.4, -0.2) is 21.8 Å². The smallest absolute Gasteiger partial charge is 0.256 e. The second kappa shape index (κ2) is 8.96. The zero-order chi connectivity index (χ0) is 23.7. The Morgan fingerprint density at radius 2 is 2.00 bits per heavy atom. The van der Waals surface area contributed by atoms with Gasteiger partial charge >= 0.3 is 0 Å². The fourth-order valence-electron chi connectivity index (χ4n) is 3.63. The van der Waals surface area contributed by atoms with Crippen molar-refractivity contribution in [2.24, 2.45) is 0 Å². The molecule has 168 valence electrons. The van der Waals surface area contributed by atoms with Gasteiger partial charge in [0.1, 0.15) is 11.5 Å². The number of carbonyl (C=O) groups is 2. The lowest BCUT2D eigenvalue weighted by Gasteiger charge is -2.06.